The number of fused-ring (bicyclic) bond motifs is 1. The van der Waals surface area contributed by atoms with Crippen molar-refractivity contribution in [2.24, 2.45) is 11.8 Å². The van der Waals surface area contributed by atoms with E-state index in [0.29, 0.717) is 17.5 Å². The van der Waals surface area contributed by atoms with Crippen LogP contribution in [0.1, 0.15) is 69.0 Å². The fourth-order valence-corrected chi connectivity index (χ4v) is 4.19. The highest BCUT2D eigenvalue weighted by Crippen LogP contribution is 2.33. The van der Waals surface area contributed by atoms with Crippen molar-refractivity contribution in [3.05, 3.63) is 69.9 Å². The molecule has 0 saturated heterocycles. The van der Waals surface area contributed by atoms with E-state index in [1.54, 1.807) is 0 Å². The molecular formula is C27H35ClN2O2. The van der Waals surface area contributed by atoms with Crippen LogP contribution >= 0.6 is 11.6 Å². The number of amides is 1. The molecule has 2 aromatic carbocycles. The zero-order chi connectivity index (χ0) is 23.3. The van der Waals surface area contributed by atoms with Gasteiger partial charge in [0.25, 0.3) is 0 Å². The van der Waals surface area contributed by atoms with E-state index in [-0.39, 0.29) is 11.8 Å². The second kappa shape index (κ2) is 11.0. The van der Waals surface area contributed by atoms with E-state index < -0.39 is 6.10 Å². The Morgan fingerprint density at radius 3 is 2.47 bits per heavy atom. The Morgan fingerprint density at radius 1 is 1.09 bits per heavy atom. The molecule has 3 rings (SSSR count). The number of aromatic amines is 1. The number of carbonyl (C=O) groups excluding carboxylic acids is 1. The second-order valence-corrected chi connectivity index (χ2v) is 9.58. The van der Waals surface area contributed by atoms with Gasteiger partial charge in [-0.25, -0.2) is 0 Å². The van der Waals surface area contributed by atoms with E-state index in [9.17, 15) is 9.90 Å². The van der Waals surface area contributed by atoms with Crippen molar-refractivity contribution in [2.75, 3.05) is 6.54 Å². The molecule has 0 aliphatic heterocycles. The lowest BCUT2D eigenvalue weighted by Gasteiger charge is -2.15. The summed E-state index contributed by atoms with van der Waals surface area (Å²) in [5.74, 6) is 0.544. The Bertz CT molecular complexity index is 1040. The molecule has 2 unspecified atom stereocenters. The molecule has 0 spiro atoms. The summed E-state index contributed by atoms with van der Waals surface area (Å²) in [7, 11) is 0. The molecule has 0 aliphatic carbocycles. The molecule has 3 aromatic rings. The van der Waals surface area contributed by atoms with Gasteiger partial charge in [0.15, 0.2) is 0 Å². The fraction of sp³-hybridized carbons (Fsp3) is 0.444. The van der Waals surface area contributed by atoms with Gasteiger partial charge in [-0.2, -0.15) is 0 Å². The van der Waals surface area contributed by atoms with Crippen LogP contribution < -0.4 is 5.32 Å². The topological polar surface area (TPSA) is 65.1 Å². The minimum Gasteiger partial charge on any atom is -0.382 e. The summed E-state index contributed by atoms with van der Waals surface area (Å²) < 4.78 is 0. The first-order valence-electron chi connectivity index (χ1n) is 11.6. The van der Waals surface area contributed by atoms with E-state index >= 15 is 0 Å². The fourth-order valence-electron chi connectivity index (χ4n) is 4.02. The molecule has 1 amide bonds. The van der Waals surface area contributed by atoms with E-state index in [1.807, 2.05) is 44.2 Å². The van der Waals surface area contributed by atoms with Gasteiger partial charge in [-0.3, -0.25) is 4.79 Å². The molecule has 4 nitrogen and oxygen atoms in total. The van der Waals surface area contributed by atoms with Gasteiger partial charge in [0.05, 0.1) is 5.69 Å². The number of benzene rings is 2. The minimum atomic E-state index is -0.707. The summed E-state index contributed by atoms with van der Waals surface area (Å²) in [5, 5.41) is 15.9. The molecule has 5 heteroatoms. The number of hydrogen-bond acceptors (Lipinski definition) is 2. The third-order valence-electron chi connectivity index (χ3n) is 6.05. The zero-order valence-electron chi connectivity index (χ0n) is 19.5. The Kier molecular flexibility index (Phi) is 8.38. The standard InChI is InChI=1S/C27H35ClN2O2/c1-5-6-22-23-15-21(28)13-14-24(23)30-25(22)26(31)20-11-9-19(10-12-20)8-7-18(4)16-29-27(32)17(2)3/h9-15,17-18,26,30-31H,5-8,16H2,1-4H3,(H,29,32). The molecule has 2 atom stereocenters. The lowest BCUT2D eigenvalue weighted by Crippen LogP contribution is -2.31. The van der Waals surface area contributed by atoms with Crippen LogP contribution in [0.5, 0.6) is 0 Å². The maximum absolute atomic E-state index is 11.7. The number of aryl methyl sites for hydroxylation is 2. The van der Waals surface area contributed by atoms with Crippen molar-refractivity contribution in [1.82, 2.24) is 10.3 Å². The van der Waals surface area contributed by atoms with E-state index in [0.717, 1.165) is 53.4 Å². The predicted octanol–water partition coefficient (Wildman–Crippen LogP) is 6.20. The molecule has 1 aromatic heterocycles. The average Bonchev–Trinajstić information content (AvgIpc) is 3.13. The summed E-state index contributed by atoms with van der Waals surface area (Å²) in [4.78, 5) is 15.2. The van der Waals surface area contributed by atoms with Crippen LogP contribution in [0, 0.1) is 11.8 Å². The van der Waals surface area contributed by atoms with Crippen molar-refractivity contribution >= 4 is 28.4 Å². The molecule has 32 heavy (non-hydrogen) atoms. The molecule has 1 heterocycles. The highest BCUT2D eigenvalue weighted by molar-refractivity contribution is 6.31. The van der Waals surface area contributed by atoms with E-state index in [1.165, 1.54) is 5.56 Å². The SMILES string of the molecule is CCCc1c(C(O)c2ccc(CCC(C)CNC(=O)C(C)C)cc2)[nH]c2ccc(Cl)cc12. The van der Waals surface area contributed by atoms with Crippen LogP contribution in [0.3, 0.4) is 0 Å². The number of carbonyl (C=O) groups is 1. The van der Waals surface area contributed by atoms with Gasteiger partial charge in [0, 0.05) is 28.4 Å². The van der Waals surface area contributed by atoms with E-state index in [4.69, 9.17) is 11.6 Å². The number of aliphatic hydroxyl groups is 1. The minimum absolute atomic E-state index is 0.0215. The van der Waals surface area contributed by atoms with Gasteiger partial charge in [0.2, 0.25) is 5.91 Å². The summed E-state index contributed by atoms with van der Waals surface area (Å²) in [6.07, 6.45) is 3.12. The monoisotopic (exact) mass is 454 g/mol. The van der Waals surface area contributed by atoms with Crippen LogP contribution in [-0.2, 0) is 17.6 Å². The van der Waals surface area contributed by atoms with Crippen molar-refractivity contribution in [3.8, 4) is 0 Å². The molecule has 0 aliphatic rings. The third-order valence-corrected chi connectivity index (χ3v) is 6.28. The van der Waals surface area contributed by atoms with Crippen LogP contribution in [0.25, 0.3) is 10.9 Å². The largest absolute Gasteiger partial charge is 0.382 e. The van der Waals surface area contributed by atoms with Crippen LogP contribution in [0.15, 0.2) is 42.5 Å². The number of aromatic nitrogens is 1. The first-order valence-corrected chi connectivity index (χ1v) is 12.0. The van der Waals surface area contributed by atoms with Crippen LogP contribution in [-0.4, -0.2) is 22.5 Å². The lowest BCUT2D eigenvalue weighted by atomic mass is 9.96. The van der Waals surface area contributed by atoms with Crippen LogP contribution in [0.2, 0.25) is 5.02 Å². The quantitative estimate of drug-likeness (QED) is 0.341. The summed E-state index contributed by atoms with van der Waals surface area (Å²) in [6, 6.07) is 14.0. The number of aliphatic hydroxyl groups excluding tert-OH is 1. The van der Waals surface area contributed by atoms with Gasteiger partial charge < -0.3 is 15.4 Å². The van der Waals surface area contributed by atoms with Crippen molar-refractivity contribution < 1.29 is 9.90 Å². The molecular weight excluding hydrogens is 420 g/mol. The number of rotatable bonds is 10. The van der Waals surface area contributed by atoms with Crippen LogP contribution in [0.4, 0.5) is 0 Å². The number of hydrogen-bond donors (Lipinski definition) is 3. The third kappa shape index (κ3) is 5.93. The summed E-state index contributed by atoms with van der Waals surface area (Å²) in [5.41, 5.74) is 5.11. The molecule has 0 radical (unpaired) electrons. The van der Waals surface area contributed by atoms with E-state index in [2.05, 4.69) is 36.3 Å². The maximum Gasteiger partial charge on any atom is 0.222 e. The van der Waals surface area contributed by atoms with Gasteiger partial charge in [-0.05, 0) is 60.1 Å². The van der Waals surface area contributed by atoms with Crippen molar-refractivity contribution in [2.45, 2.75) is 59.5 Å². The number of halogens is 1. The Labute approximate surface area is 196 Å². The summed E-state index contributed by atoms with van der Waals surface area (Å²) in [6.45, 7) is 8.83. The Morgan fingerprint density at radius 2 is 1.81 bits per heavy atom. The smallest absolute Gasteiger partial charge is 0.222 e. The number of nitrogens with one attached hydrogen (secondary N) is 2. The molecule has 172 valence electrons. The highest BCUT2D eigenvalue weighted by atomic mass is 35.5. The first-order chi connectivity index (χ1) is 15.3. The van der Waals surface area contributed by atoms with Gasteiger partial charge >= 0.3 is 0 Å². The lowest BCUT2D eigenvalue weighted by molar-refractivity contribution is -0.124. The second-order valence-electron chi connectivity index (χ2n) is 9.14. The average molecular weight is 455 g/mol. The van der Waals surface area contributed by atoms with Gasteiger partial charge in [0.1, 0.15) is 6.10 Å². The number of H-pyrrole nitrogens is 1. The normalized spacial score (nSPS) is 13.5. The molecule has 3 N–H and O–H groups in total. The summed E-state index contributed by atoms with van der Waals surface area (Å²) >= 11 is 6.22. The highest BCUT2D eigenvalue weighted by Gasteiger charge is 2.19. The molecule has 0 bridgehead atoms. The Balaban J connectivity index is 1.67. The van der Waals surface area contributed by atoms with Crippen molar-refractivity contribution in [1.29, 1.82) is 0 Å². The predicted molar refractivity (Wildman–Crippen MR) is 133 cm³/mol. The Hall–Kier alpha value is -2.30. The first kappa shape index (κ1) is 24.3. The molecule has 0 fully saturated rings. The van der Waals surface area contributed by atoms with Gasteiger partial charge in [-0.15, -0.1) is 0 Å². The van der Waals surface area contributed by atoms with Gasteiger partial charge in [-0.1, -0.05) is 70.0 Å². The van der Waals surface area contributed by atoms with Crippen molar-refractivity contribution in [3.63, 3.8) is 0 Å². The molecule has 0 saturated carbocycles. The maximum atomic E-state index is 11.7. The zero-order valence-corrected chi connectivity index (χ0v) is 20.3.